The second-order valence-electron chi connectivity index (χ2n) is 9.50. The number of imide groups is 1. The van der Waals surface area contributed by atoms with Crippen LogP contribution in [0.5, 0.6) is 0 Å². The summed E-state index contributed by atoms with van der Waals surface area (Å²) in [5.74, 6) is -1.11. The monoisotopic (exact) mass is 474 g/mol. The Morgan fingerprint density at radius 3 is 2.52 bits per heavy atom. The molecule has 180 valence electrons. The number of urea groups is 1. The van der Waals surface area contributed by atoms with Crippen LogP contribution in [0.3, 0.4) is 0 Å². The highest BCUT2D eigenvalue weighted by Gasteiger charge is 2.36. The van der Waals surface area contributed by atoms with E-state index in [2.05, 4.69) is 29.9 Å². The largest absolute Gasteiger partial charge is 0.432 e. The molecule has 1 aromatic heterocycles. The first-order chi connectivity index (χ1) is 15.7. The first kappa shape index (κ1) is 24.9. The van der Waals surface area contributed by atoms with Crippen molar-refractivity contribution >= 4 is 37.0 Å². The second kappa shape index (κ2) is 10.9. The number of hydrogen-bond acceptors (Lipinski definition) is 6. The van der Waals surface area contributed by atoms with Gasteiger partial charge in [0.25, 0.3) is 11.8 Å². The molecule has 0 spiro atoms. The number of carbonyl (C=O) groups excluding carboxylic acids is 3. The molecule has 4 amide bonds. The SMILES string of the molecule is CCCCN(C(=O)c1nc2ccccc2o1)C(=O)[C@H](C[Si](C)(C)C)NC(=O)N1CCOCC1. The van der Waals surface area contributed by atoms with Gasteiger partial charge in [-0.1, -0.05) is 45.1 Å². The fraction of sp³-hybridized carbons (Fsp3) is 0.565. The number of hydrogen-bond donors (Lipinski definition) is 1. The minimum absolute atomic E-state index is 0.119. The number of ether oxygens (including phenoxy) is 1. The lowest BCUT2D eigenvalue weighted by atomic mass is 10.2. The Hall–Kier alpha value is -2.72. The number of fused-ring (bicyclic) bond motifs is 1. The van der Waals surface area contributed by atoms with Crippen LogP contribution >= 0.6 is 0 Å². The highest BCUT2D eigenvalue weighted by atomic mass is 28.3. The maximum Gasteiger partial charge on any atom is 0.318 e. The van der Waals surface area contributed by atoms with Crippen molar-refractivity contribution < 1.29 is 23.5 Å². The van der Waals surface area contributed by atoms with Crippen molar-refractivity contribution in [3.8, 4) is 0 Å². The van der Waals surface area contributed by atoms with Crippen LogP contribution in [0.4, 0.5) is 4.79 Å². The van der Waals surface area contributed by atoms with Crippen LogP contribution in [0.2, 0.25) is 25.7 Å². The fourth-order valence-electron chi connectivity index (χ4n) is 3.71. The number of nitrogens with one attached hydrogen (secondary N) is 1. The topological polar surface area (TPSA) is 105 Å². The van der Waals surface area contributed by atoms with E-state index in [0.29, 0.717) is 49.9 Å². The lowest BCUT2D eigenvalue weighted by Crippen LogP contribution is -2.56. The predicted molar refractivity (Wildman–Crippen MR) is 128 cm³/mol. The molecule has 10 heteroatoms. The summed E-state index contributed by atoms with van der Waals surface area (Å²) >= 11 is 0. The third-order valence-electron chi connectivity index (χ3n) is 5.43. The van der Waals surface area contributed by atoms with Crippen LogP contribution in [0, 0.1) is 0 Å². The molecule has 0 bridgehead atoms. The van der Waals surface area contributed by atoms with E-state index in [1.165, 1.54) is 4.90 Å². The first-order valence-electron chi connectivity index (χ1n) is 11.5. The third-order valence-corrected chi connectivity index (χ3v) is 7.07. The van der Waals surface area contributed by atoms with Gasteiger partial charge in [0.1, 0.15) is 11.6 Å². The normalized spacial score (nSPS) is 15.3. The van der Waals surface area contributed by atoms with Gasteiger partial charge < -0.3 is 19.4 Å². The van der Waals surface area contributed by atoms with Crippen molar-refractivity contribution in [2.45, 2.75) is 51.5 Å². The summed E-state index contributed by atoms with van der Waals surface area (Å²) in [6.45, 7) is 10.5. The molecule has 0 radical (unpaired) electrons. The smallest absolute Gasteiger partial charge is 0.318 e. The minimum atomic E-state index is -1.77. The van der Waals surface area contributed by atoms with Crippen molar-refractivity contribution in [2.24, 2.45) is 0 Å². The molecule has 9 nitrogen and oxygen atoms in total. The average molecular weight is 475 g/mol. The zero-order chi connectivity index (χ0) is 24.0. The molecule has 1 fully saturated rings. The van der Waals surface area contributed by atoms with Crippen LogP contribution in [0.1, 0.15) is 30.5 Å². The molecule has 3 rings (SSSR count). The molecular formula is C23H34N4O5Si. The Morgan fingerprint density at radius 1 is 1.18 bits per heavy atom. The van der Waals surface area contributed by atoms with Gasteiger partial charge in [-0.15, -0.1) is 0 Å². The quantitative estimate of drug-likeness (QED) is 0.588. The van der Waals surface area contributed by atoms with Crippen molar-refractivity contribution in [2.75, 3.05) is 32.8 Å². The Kier molecular flexibility index (Phi) is 8.25. The van der Waals surface area contributed by atoms with E-state index in [1.54, 1.807) is 23.1 Å². The Labute approximate surface area is 195 Å². The number of amides is 4. The summed E-state index contributed by atoms with van der Waals surface area (Å²) in [5.41, 5.74) is 1.05. The maximum atomic E-state index is 13.7. The van der Waals surface area contributed by atoms with Gasteiger partial charge in [-0.25, -0.2) is 9.78 Å². The lowest BCUT2D eigenvalue weighted by molar-refractivity contribution is -0.130. The van der Waals surface area contributed by atoms with E-state index in [1.807, 2.05) is 13.0 Å². The highest BCUT2D eigenvalue weighted by Crippen LogP contribution is 2.19. The zero-order valence-corrected chi connectivity index (χ0v) is 20.9. The molecule has 0 aliphatic carbocycles. The summed E-state index contributed by atoms with van der Waals surface area (Å²) in [4.78, 5) is 47.0. The summed E-state index contributed by atoms with van der Waals surface area (Å²) in [6, 6.07) is 6.51. The predicted octanol–water partition coefficient (Wildman–Crippen LogP) is 3.35. The van der Waals surface area contributed by atoms with Crippen LogP contribution in [0.25, 0.3) is 11.1 Å². The number of unbranched alkanes of at least 4 members (excludes halogenated alkanes) is 1. The standard InChI is InChI=1S/C23H34N4O5Si/c1-5-6-11-27(22(29)20-24-17-9-7-8-10-19(17)32-20)21(28)18(16-33(2,3)4)25-23(30)26-12-14-31-15-13-26/h7-10,18H,5-6,11-16H2,1-4H3,(H,25,30)/t18-/m0/s1. The van der Waals surface area contributed by atoms with E-state index in [9.17, 15) is 14.4 Å². The number of carbonyl (C=O) groups is 3. The maximum absolute atomic E-state index is 13.7. The first-order valence-corrected chi connectivity index (χ1v) is 15.2. The number of aromatic nitrogens is 1. The molecule has 0 unspecified atom stereocenters. The molecular weight excluding hydrogens is 440 g/mol. The van der Waals surface area contributed by atoms with Crippen molar-refractivity contribution in [3.63, 3.8) is 0 Å². The molecule has 33 heavy (non-hydrogen) atoms. The number of para-hydroxylation sites is 2. The zero-order valence-electron chi connectivity index (χ0n) is 19.9. The van der Waals surface area contributed by atoms with E-state index in [4.69, 9.17) is 9.15 Å². The molecule has 2 aromatic rings. The third kappa shape index (κ3) is 6.64. The van der Waals surface area contributed by atoms with Crippen molar-refractivity contribution in [1.29, 1.82) is 0 Å². The van der Waals surface area contributed by atoms with Gasteiger partial charge in [-0.3, -0.25) is 14.5 Å². The average Bonchev–Trinajstić information content (AvgIpc) is 3.22. The Balaban J connectivity index is 1.85. The van der Waals surface area contributed by atoms with E-state index >= 15 is 0 Å². The van der Waals surface area contributed by atoms with Crippen LogP contribution in [0.15, 0.2) is 28.7 Å². The summed E-state index contributed by atoms with van der Waals surface area (Å²) in [5, 5.41) is 2.90. The van der Waals surface area contributed by atoms with Crippen molar-refractivity contribution in [3.05, 3.63) is 30.2 Å². The van der Waals surface area contributed by atoms with Crippen LogP contribution in [-0.4, -0.2) is 79.6 Å². The number of nitrogens with zero attached hydrogens (tertiary/aromatic N) is 3. The fourth-order valence-corrected chi connectivity index (χ4v) is 5.22. The molecule has 0 saturated carbocycles. The summed E-state index contributed by atoms with van der Waals surface area (Å²) in [7, 11) is -1.77. The molecule has 2 heterocycles. The summed E-state index contributed by atoms with van der Waals surface area (Å²) in [6.07, 6.45) is 1.46. The van der Waals surface area contributed by atoms with E-state index in [-0.39, 0.29) is 18.5 Å². The molecule has 1 saturated heterocycles. The van der Waals surface area contributed by atoms with Crippen LogP contribution in [-0.2, 0) is 9.53 Å². The number of rotatable bonds is 8. The molecule has 1 N–H and O–H groups in total. The van der Waals surface area contributed by atoms with Gasteiger partial charge in [-0.2, -0.15) is 0 Å². The Morgan fingerprint density at radius 2 is 1.88 bits per heavy atom. The number of oxazole rings is 1. The summed E-state index contributed by atoms with van der Waals surface area (Å²) < 4.78 is 11.0. The van der Waals surface area contributed by atoms with Gasteiger partial charge in [0.15, 0.2) is 5.58 Å². The molecule has 1 aromatic carbocycles. The number of benzene rings is 1. The Bertz CT molecular complexity index is 948. The molecule has 1 aliphatic rings. The van der Waals surface area contributed by atoms with Gasteiger partial charge in [0, 0.05) is 27.7 Å². The van der Waals surface area contributed by atoms with Crippen molar-refractivity contribution in [1.82, 2.24) is 20.1 Å². The highest BCUT2D eigenvalue weighted by molar-refractivity contribution is 6.76. The molecule has 1 atom stereocenters. The van der Waals surface area contributed by atoms with Gasteiger partial charge >= 0.3 is 11.9 Å². The van der Waals surface area contributed by atoms with E-state index < -0.39 is 25.9 Å². The second-order valence-corrected chi connectivity index (χ2v) is 15.0. The minimum Gasteiger partial charge on any atom is -0.432 e. The van der Waals surface area contributed by atoms with Gasteiger partial charge in [0.2, 0.25) is 0 Å². The van der Waals surface area contributed by atoms with Gasteiger partial charge in [0.05, 0.1) is 13.2 Å². The lowest BCUT2D eigenvalue weighted by Gasteiger charge is -2.32. The van der Waals surface area contributed by atoms with Gasteiger partial charge in [-0.05, 0) is 24.6 Å². The number of morpholine rings is 1. The molecule has 1 aliphatic heterocycles. The van der Waals surface area contributed by atoms with Crippen LogP contribution < -0.4 is 5.32 Å². The van der Waals surface area contributed by atoms with E-state index in [0.717, 1.165) is 6.42 Å².